The first kappa shape index (κ1) is 19.9. The van der Waals surface area contributed by atoms with Crippen molar-refractivity contribution in [1.29, 1.82) is 0 Å². The maximum atomic E-state index is 12.8. The fourth-order valence-electron chi connectivity index (χ4n) is 2.61. The number of alkyl halides is 3. The number of amides is 1. The lowest BCUT2D eigenvalue weighted by atomic mass is 10.1. The molecule has 3 heterocycles. The van der Waals surface area contributed by atoms with Gasteiger partial charge in [-0.05, 0) is 18.2 Å². The number of para-hydroxylation sites is 1. The summed E-state index contributed by atoms with van der Waals surface area (Å²) in [5.41, 5.74) is -0.468. The Bertz CT molecular complexity index is 1270. The van der Waals surface area contributed by atoms with Crippen LogP contribution in [0.25, 0.3) is 17.1 Å². The molecule has 0 aliphatic heterocycles. The van der Waals surface area contributed by atoms with Crippen LogP contribution in [-0.4, -0.2) is 30.5 Å². The zero-order valence-electron chi connectivity index (χ0n) is 14.7. The van der Waals surface area contributed by atoms with Gasteiger partial charge in [-0.3, -0.25) is 14.5 Å². The summed E-state index contributed by atoms with van der Waals surface area (Å²) in [5.74, 6) is -1.32. The maximum absolute atomic E-state index is 12.8. The Morgan fingerprint density at radius 1 is 1.17 bits per heavy atom. The van der Waals surface area contributed by atoms with Gasteiger partial charge in [-0.1, -0.05) is 12.1 Å². The lowest BCUT2D eigenvalue weighted by molar-refractivity contribution is -0.140. The monoisotopic (exact) mass is 452 g/mol. The van der Waals surface area contributed by atoms with Crippen molar-refractivity contribution in [3.63, 3.8) is 0 Å². The average Bonchev–Trinajstić information content (AvgIpc) is 3.38. The molecule has 0 fully saturated rings. The van der Waals surface area contributed by atoms with E-state index in [-0.39, 0.29) is 28.0 Å². The number of thiazole rings is 2. The van der Waals surface area contributed by atoms with E-state index in [1.807, 2.05) is 0 Å². The quantitative estimate of drug-likeness (QED) is 0.390. The second-order valence-electron chi connectivity index (χ2n) is 5.94. The highest BCUT2D eigenvalue weighted by atomic mass is 32.1. The van der Waals surface area contributed by atoms with Crippen LogP contribution in [0.1, 0.15) is 27.4 Å². The van der Waals surface area contributed by atoms with Crippen LogP contribution in [0.4, 0.5) is 18.3 Å². The topological polar surface area (TPSA) is 99.8 Å². The van der Waals surface area contributed by atoms with E-state index in [1.54, 1.807) is 17.6 Å². The first-order chi connectivity index (χ1) is 14.2. The minimum absolute atomic E-state index is 0.0888. The van der Waals surface area contributed by atoms with Crippen molar-refractivity contribution in [2.45, 2.75) is 6.18 Å². The molecule has 7 nitrogen and oxygen atoms in total. The van der Waals surface area contributed by atoms with Crippen molar-refractivity contribution in [3.05, 3.63) is 57.8 Å². The number of anilines is 1. The third-order valence-electron chi connectivity index (χ3n) is 3.99. The Balaban J connectivity index is 1.67. The molecule has 0 saturated heterocycles. The van der Waals surface area contributed by atoms with Gasteiger partial charge in [0.15, 0.2) is 27.3 Å². The summed E-state index contributed by atoms with van der Waals surface area (Å²) >= 11 is 1.93. The molecule has 0 unspecified atom stereocenters. The zero-order valence-corrected chi connectivity index (χ0v) is 16.3. The summed E-state index contributed by atoms with van der Waals surface area (Å²) in [6, 6.07) is 4.41. The second kappa shape index (κ2) is 7.46. The van der Waals surface area contributed by atoms with Crippen LogP contribution in [0.3, 0.4) is 0 Å². The molecule has 0 radical (unpaired) electrons. The number of fused-ring (bicyclic) bond motifs is 1. The van der Waals surface area contributed by atoms with E-state index in [9.17, 15) is 28.2 Å². The van der Waals surface area contributed by atoms with Crippen LogP contribution in [0.15, 0.2) is 35.2 Å². The van der Waals surface area contributed by atoms with Gasteiger partial charge < -0.3 is 10.2 Å². The third kappa shape index (κ3) is 3.74. The van der Waals surface area contributed by atoms with Crippen LogP contribution < -0.4 is 5.32 Å². The largest absolute Gasteiger partial charge is 0.504 e. The number of phenolic OH excluding ortho intramolecular Hbond substituents is 2. The van der Waals surface area contributed by atoms with Crippen LogP contribution in [-0.2, 0) is 6.18 Å². The molecular weight excluding hydrogens is 441 g/mol. The lowest BCUT2D eigenvalue weighted by Crippen LogP contribution is -2.15. The number of hydrogen-bond acceptors (Lipinski definition) is 7. The number of nitrogens with zero attached hydrogens (tertiary/aromatic N) is 3. The highest BCUT2D eigenvalue weighted by Gasteiger charge is 2.34. The molecule has 30 heavy (non-hydrogen) atoms. The lowest BCUT2D eigenvalue weighted by Gasteiger charge is -2.03. The molecule has 3 N–H and O–H groups in total. The summed E-state index contributed by atoms with van der Waals surface area (Å²) in [5, 5.41) is 24.2. The zero-order chi connectivity index (χ0) is 21.5. The Labute approximate surface area is 174 Å². The standard InChI is InChI=1S/C18H11F3N4O3S2/c19-18(20,21)12-8-30-16(23-12)24-15(28)13-10(22-17-25(13)6-7-29-17)5-4-9-2-1-3-11(26)14(9)27/h1-8,26-27H,(H,23,24,28)/b5-4+. The second-order valence-corrected chi connectivity index (χ2v) is 7.67. The number of aromatic hydroxyl groups is 2. The van der Waals surface area contributed by atoms with Gasteiger partial charge in [0.25, 0.3) is 5.91 Å². The van der Waals surface area contributed by atoms with Crippen LogP contribution >= 0.6 is 22.7 Å². The number of carbonyl (C=O) groups is 1. The molecule has 1 aromatic carbocycles. The van der Waals surface area contributed by atoms with E-state index >= 15 is 0 Å². The number of halogens is 3. The van der Waals surface area contributed by atoms with Gasteiger partial charge in [0.2, 0.25) is 0 Å². The Morgan fingerprint density at radius 3 is 2.70 bits per heavy atom. The van der Waals surface area contributed by atoms with Crippen molar-refractivity contribution in [2.24, 2.45) is 0 Å². The van der Waals surface area contributed by atoms with Crippen molar-refractivity contribution < 1.29 is 28.2 Å². The Morgan fingerprint density at radius 2 is 1.97 bits per heavy atom. The van der Waals surface area contributed by atoms with E-state index in [4.69, 9.17) is 0 Å². The summed E-state index contributed by atoms with van der Waals surface area (Å²) in [7, 11) is 0. The van der Waals surface area contributed by atoms with Gasteiger partial charge >= 0.3 is 6.18 Å². The molecular formula is C18H11F3N4O3S2. The normalized spacial score (nSPS) is 12.1. The molecule has 12 heteroatoms. The van der Waals surface area contributed by atoms with E-state index < -0.39 is 17.8 Å². The minimum atomic E-state index is -4.60. The fourth-order valence-corrected chi connectivity index (χ4v) is 4.05. The van der Waals surface area contributed by atoms with Gasteiger partial charge in [0.05, 0.1) is 5.69 Å². The van der Waals surface area contributed by atoms with Gasteiger partial charge in [0.1, 0.15) is 5.69 Å². The Hall–Kier alpha value is -3.38. The van der Waals surface area contributed by atoms with Crippen molar-refractivity contribution >= 4 is 50.8 Å². The first-order valence-corrected chi connectivity index (χ1v) is 9.98. The molecule has 4 rings (SSSR count). The molecule has 0 aliphatic carbocycles. The molecule has 0 bridgehead atoms. The minimum Gasteiger partial charge on any atom is -0.504 e. The molecule has 0 atom stereocenters. The molecule has 4 aromatic rings. The summed E-state index contributed by atoms with van der Waals surface area (Å²) in [6.45, 7) is 0. The van der Waals surface area contributed by atoms with Crippen LogP contribution in [0.5, 0.6) is 11.5 Å². The van der Waals surface area contributed by atoms with Gasteiger partial charge in [-0.2, -0.15) is 13.2 Å². The molecule has 3 aromatic heterocycles. The number of rotatable bonds is 4. The number of aromatic nitrogens is 3. The highest BCUT2D eigenvalue weighted by molar-refractivity contribution is 7.15. The number of hydrogen-bond donors (Lipinski definition) is 3. The smallest absolute Gasteiger partial charge is 0.434 e. The maximum Gasteiger partial charge on any atom is 0.434 e. The molecule has 154 valence electrons. The third-order valence-corrected chi connectivity index (χ3v) is 5.50. The van der Waals surface area contributed by atoms with E-state index in [0.29, 0.717) is 21.9 Å². The number of benzene rings is 1. The molecule has 0 saturated carbocycles. The predicted octanol–water partition coefficient (Wildman–Crippen LogP) is 4.71. The highest BCUT2D eigenvalue weighted by Crippen LogP contribution is 2.32. The van der Waals surface area contributed by atoms with Crippen molar-refractivity contribution in [3.8, 4) is 11.5 Å². The average molecular weight is 452 g/mol. The Kier molecular flexibility index (Phi) is 4.95. The summed E-state index contributed by atoms with van der Waals surface area (Å²) in [6.07, 6.45) is -0.0720. The van der Waals surface area contributed by atoms with Gasteiger partial charge in [-0.15, -0.1) is 22.7 Å². The van der Waals surface area contributed by atoms with E-state index in [1.165, 1.54) is 40.0 Å². The number of nitrogens with one attached hydrogen (secondary N) is 1. The molecule has 1 amide bonds. The number of carbonyl (C=O) groups excluding carboxylic acids is 1. The van der Waals surface area contributed by atoms with E-state index in [2.05, 4.69) is 15.3 Å². The van der Waals surface area contributed by atoms with Gasteiger partial charge in [-0.25, -0.2) is 9.97 Å². The first-order valence-electron chi connectivity index (χ1n) is 8.22. The number of phenols is 2. The van der Waals surface area contributed by atoms with Crippen LogP contribution in [0.2, 0.25) is 0 Å². The molecule has 0 spiro atoms. The molecule has 0 aliphatic rings. The predicted molar refractivity (Wildman–Crippen MR) is 107 cm³/mol. The van der Waals surface area contributed by atoms with E-state index in [0.717, 1.165) is 5.38 Å². The summed E-state index contributed by atoms with van der Waals surface area (Å²) < 4.78 is 39.7. The van der Waals surface area contributed by atoms with Crippen molar-refractivity contribution in [2.75, 3.05) is 5.32 Å². The van der Waals surface area contributed by atoms with Crippen LogP contribution in [0, 0.1) is 0 Å². The number of imidazole rings is 1. The fraction of sp³-hybridized carbons (Fsp3) is 0.0556. The van der Waals surface area contributed by atoms with Gasteiger partial charge in [0, 0.05) is 22.5 Å². The van der Waals surface area contributed by atoms with Crippen molar-refractivity contribution in [1.82, 2.24) is 14.4 Å². The SMILES string of the molecule is O=C(Nc1nc(C(F)(F)F)cs1)c1c(/C=C/c2cccc(O)c2O)nc2sccn12. The summed E-state index contributed by atoms with van der Waals surface area (Å²) in [4.78, 5) is 21.0.